The molecule has 5 heteroatoms. The van der Waals surface area contributed by atoms with Crippen molar-refractivity contribution in [2.75, 3.05) is 0 Å². The average Bonchev–Trinajstić information content (AvgIpc) is 2.19. The van der Waals surface area contributed by atoms with Crippen molar-refractivity contribution >= 4 is 5.91 Å². The minimum Gasteiger partial charge on any atom is -0.386 e. The van der Waals surface area contributed by atoms with Crippen molar-refractivity contribution in [3.05, 3.63) is 35.0 Å². The van der Waals surface area contributed by atoms with Crippen LogP contribution in [0.5, 0.6) is 0 Å². The molecule has 0 spiro atoms. The molecule has 1 rings (SSSR count). The molecule has 0 aliphatic heterocycles. The molecule has 1 unspecified atom stereocenters. The molecular weight excluding hydrogens is 172 g/mol. The molecule has 0 saturated carbocycles. The van der Waals surface area contributed by atoms with Crippen LogP contribution in [0.1, 0.15) is 18.2 Å². The molecule has 1 atom stereocenters. The van der Waals surface area contributed by atoms with E-state index < -0.39 is 12.0 Å². The third-order valence-corrected chi connectivity index (χ3v) is 1.50. The quantitative estimate of drug-likeness (QED) is 0.697. The summed E-state index contributed by atoms with van der Waals surface area (Å²) in [6.07, 6.45) is 0.129. The summed E-state index contributed by atoms with van der Waals surface area (Å²) in [4.78, 5) is 24.1. The number of carbonyl (C=O) groups is 1. The molecular formula is C8H8N2O3. The first-order valence-corrected chi connectivity index (χ1v) is 3.69. The molecule has 0 fully saturated rings. The van der Waals surface area contributed by atoms with Crippen molar-refractivity contribution < 1.29 is 9.90 Å². The maximum atomic E-state index is 10.5. The van der Waals surface area contributed by atoms with E-state index in [1.165, 1.54) is 6.20 Å². The van der Waals surface area contributed by atoms with Gasteiger partial charge < -0.3 is 5.11 Å². The largest absolute Gasteiger partial charge is 0.386 e. The summed E-state index contributed by atoms with van der Waals surface area (Å²) in [7, 11) is 0. The van der Waals surface area contributed by atoms with Gasteiger partial charge in [-0.2, -0.15) is 0 Å². The van der Waals surface area contributed by atoms with E-state index in [1.807, 2.05) is 0 Å². The van der Waals surface area contributed by atoms with E-state index in [2.05, 4.69) is 10.2 Å². The molecule has 0 bridgehead atoms. The number of carbonyl (C=O) groups excluding carboxylic acids is 1. The highest BCUT2D eigenvalue weighted by Crippen LogP contribution is 2.13. The number of nitrogens with zero attached hydrogens (tertiary/aromatic N) is 2. The maximum Gasteiger partial charge on any atom is 0.289 e. The van der Waals surface area contributed by atoms with Gasteiger partial charge in [-0.3, -0.25) is 9.78 Å². The monoisotopic (exact) mass is 180 g/mol. The molecule has 1 aromatic rings. The Bertz CT molecular complexity index is 300. The molecule has 1 N–H and O–H groups in total. The van der Waals surface area contributed by atoms with Crippen LogP contribution in [0.15, 0.2) is 29.6 Å². The summed E-state index contributed by atoms with van der Waals surface area (Å²) in [6, 6.07) is 4.95. The zero-order chi connectivity index (χ0) is 9.68. The summed E-state index contributed by atoms with van der Waals surface area (Å²) in [5.74, 6) is -0.877. The minimum absolute atomic E-state index is 0.319. The SMILES string of the molecule is O=NC(=O)CC(O)c1ccccn1. The van der Waals surface area contributed by atoms with Crippen LogP contribution in [0.25, 0.3) is 0 Å². The average molecular weight is 180 g/mol. The molecule has 1 heterocycles. The molecule has 5 nitrogen and oxygen atoms in total. The lowest BCUT2D eigenvalue weighted by Crippen LogP contribution is -2.05. The summed E-state index contributed by atoms with van der Waals surface area (Å²) in [6.45, 7) is 0. The van der Waals surface area contributed by atoms with Crippen molar-refractivity contribution in [3.63, 3.8) is 0 Å². The predicted octanol–water partition coefficient (Wildman–Crippen LogP) is 0.798. The van der Waals surface area contributed by atoms with Gasteiger partial charge >= 0.3 is 0 Å². The number of pyridine rings is 1. The minimum atomic E-state index is -1.05. The maximum absolute atomic E-state index is 10.5. The van der Waals surface area contributed by atoms with Crippen LogP contribution in [0.4, 0.5) is 0 Å². The fraction of sp³-hybridized carbons (Fsp3) is 0.250. The smallest absolute Gasteiger partial charge is 0.289 e. The topological polar surface area (TPSA) is 79.6 Å². The lowest BCUT2D eigenvalue weighted by Gasteiger charge is -2.05. The van der Waals surface area contributed by atoms with Gasteiger partial charge in [-0.05, 0) is 12.1 Å². The molecule has 68 valence electrons. The first-order chi connectivity index (χ1) is 6.24. The summed E-state index contributed by atoms with van der Waals surface area (Å²) < 4.78 is 0. The fourth-order valence-electron chi connectivity index (χ4n) is 0.880. The van der Waals surface area contributed by atoms with E-state index in [-0.39, 0.29) is 6.42 Å². The van der Waals surface area contributed by atoms with Gasteiger partial charge in [-0.1, -0.05) is 6.07 Å². The van der Waals surface area contributed by atoms with Crippen molar-refractivity contribution in [1.29, 1.82) is 0 Å². The number of aliphatic hydroxyl groups is 1. The van der Waals surface area contributed by atoms with Crippen LogP contribution in [0.2, 0.25) is 0 Å². The van der Waals surface area contributed by atoms with Crippen LogP contribution >= 0.6 is 0 Å². The van der Waals surface area contributed by atoms with Gasteiger partial charge in [0.15, 0.2) is 0 Å². The second-order valence-electron chi connectivity index (χ2n) is 2.46. The highest BCUT2D eigenvalue weighted by atomic mass is 16.3. The van der Waals surface area contributed by atoms with Crippen LogP contribution in [0.3, 0.4) is 0 Å². The van der Waals surface area contributed by atoms with Crippen LogP contribution in [-0.2, 0) is 4.79 Å². The number of amides is 1. The van der Waals surface area contributed by atoms with Gasteiger partial charge in [0.05, 0.1) is 12.1 Å². The number of hydrogen-bond donors (Lipinski definition) is 1. The first kappa shape index (κ1) is 9.47. The molecule has 0 aliphatic carbocycles. The molecule has 1 amide bonds. The highest BCUT2D eigenvalue weighted by Gasteiger charge is 2.13. The van der Waals surface area contributed by atoms with E-state index in [0.29, 0.717) is 5.69 Å². The molecule has 1 aromatic heterocycles. The molecule has 0 saturated heterocycles. The fourth-order valence-corrected chi connectivity index (χ4v) is 0.880. The van der Waals surface area contributed by atoms with Gasteiger partial charge in [0.2, 0.25) is 0 Å². The number of hydrogen-bond acceptors (Lipinski definition) is 4. The summed E-state index contributed by atoms with van der Waals surface area (Å²) in [5, 5.41) is 11.5. The van der Waals surface area contributed by atoms with E-state index >= 15 is 0 Å². The lowest BCUT2D eigenvalue weighted by atomic mass is 10.1. The third-order valence-electron chi connectivity index (χ3n) is 1.50. The number of aromatic nitrogens is 1. The van der Waals surface area contributed by atoms with E-state index in [0.717, 1.165) is 0 Å². The van der Waals surface area contributed by atoms with Crippen LogP contribution in [0, 0.1) is 4.91 Å². The number of nitroso groups, excluding NO2 is 1. The normalized spacial score (nSPS) is 12.1. The second-order valence-corrected chi connectivity index (χ2v) is 2.46. The van der Waals surface area contributed by atoms with Gasteiger partial charge in [-0.15, -0.1) is 4.91 Å². The predicted molar refractivity (Wildman–Crippen MR) is 44.6 cm³/mol. The van der Waals surface area contributed by atoms with E-state index in [9.17, 15) is 14.8 Å². The lowest BCUT2D eigenvalue weighted by molar-refractivity contribution is -0.119. The number of rotatable bonds is 3. The standard InChI is InChI=1S/C8H8N2O3/c11-7(5-8(12)10-13)6-3-1-2-4-9-6/h1-4,7,11H,5H2. The summed E-state index contributed by atoms with van der Waals surface area (Å²) >= 11 is 0. The summed E-state index contributed by atoms with van der Waals surface area (Å²) in [5.41, 5.74) is 0.361. The molecule has 0 radical (unpaired) electrons. The van der Waals surface area contributed by atoms with Crippen LogP contribution in [-0.4, -0.2) is 16.0 Å². The molecule has 0 aromatic carbocycles. The molecule has 13 heavy (non-hydrogen) atoms. The second kappa shape index (κ2) is 4.42. The third kappa shape index (κ3) is 2.72. The Morgan fingerprint density at radius 2 is 2.38 bits per heavy atom. The van der Waals surface area contributed by atoms with Crippen molar-refractivity contribution in [2.24, 2.45) is 5.18 Å². The van der Waals surface area contributed by atoms with Crippen molar-refractivity contribution in [2.45, 2.75) is 12.5 Å². The van der Waals surface area contributed by atoms with Gasteiger partial charge in [0, 0.05) is 11.4 Å². The van der Waals surface area contributed by atoms with Crippen molar-refractivity contribution in [1.82, 2.24) is 4.98 Å². The van der Waals surface area contributed by atoms with Crippen molar-refractivity contribution in [3.8, 4) is 0 Å². The Morgan fingerprint density at radius 1 is 1.62 bits per heavy atom. The van der Waals surface area contributed by atoms with Gasteiger partial charge in [0.25, 0.3) is 5.91 Å². The number of aliphatic hydroxyl groups excluding tert-OH is 1. The van der Waals surface area contributed by atoms with E-state index in [4.69, 9.17) is 0 Å². The van der Waals surface area contributed by atoms with E-state index in [1.54, 1.807) is 18.2 Å². The molecule has 0 aliphatic rings. The Kier molecular flexibility index (Phi) is 3.22. The highest BCUT2D eigenvalue weighted by molar-refractivity contribution is 5.77. The van der Waals surface area contributed by atoms with Gasteiger partial charge in [0.1, 0.15) is 6.10 Å². The van der Waals surface area contributed by atoms with Crippen LogP contribution < -0.4 is 0 Å². The Hall–Kier alpha value is -1.62. The Labute approximate surface area is 74.4 Å². The zero-order valence-corrected chi connectivity index (χ0v) is 6.75. The Morgan fingerprint density at radius 3 is 2.92 bits per heavy atom. The Balaban J connectivity index is 2.63. The van der Waals surface area contributed by atoms with Gasteiger partial charge in [-0.25, -0.2) is 0 Å². The zero-order valence-electron chi connectivity index (χ0n) is 6.75. The first-order valence-electron chi connectivity index (χ1n) is 3.69.